The molecule has 0 aliphatic heterocycles. The van der Waals surface area contributed by atoms with Gasteiger partial charge in [-0.2, -0.15) is 0 Å². The molecule has 0 aliphatic carbocycles. The lowest BCUT2D eigenvalue weighted by molar-refractivity contribution is 0.546. The first-order chi connectivity index (χ1) is 10.1. The summed E-state index contributed by atoms with van der Waals surface area (Å²) in [5.74, 6) is -0.464. The van der Waals surface area contributed by atoms with Crippen molar-refractivity contribution in [3.05, 3.63) is 65.7 Å². The third-order valence-electron chi connectivity index (χ3n) is 3.62. The number of hydrogen-bond donors (Lipinski definition) is 1. The van der Waals surface area contributed by atoms with Crippen molar-refractivity contribution >= 4 is 5.69 Å². The quantitative estimate of drug-likeness (QED) is 0.871. The highest BCUT2D eigenvalue weighted by molar-refractivity contribution is 5.45. The van der Waals surface area contributed by atoms with Gasteiger partial charge in [0.2, 0.25) is 0 Å². The fraction of sp³-hybridized carbons (Fsp3) is 0.294. The lowest BCUT2D eigenvalue weighted by Gasteiger charge is -2.23. The summed E-state index contributed by atoms with van der Waals surface area (Å²) < 4.78 is 26.2. The van der Waals surface area contributed by atoms with Gasteiger partial charge in [0.25, 0.3) is 0 Å². The average molecular weight is 290 g/mol. The summed E-state index contributed by atoms with van der Waals surface area (Å²) in [5, 5.41) is 3.23. The molecule has 1 N–H and O–H groups in total. The fourth-order valence-electron chi connectivity index (χ4n) is 2.34. The van der Waals surface area contributed by atoms with Crippen LogP contribution in [-0.4, -0.2) is 20.6 Å². The molecule has 0 aromatic heterocycles. The molecule has 2 nitrogen and oxygen atoms in total. The maximum atomic E-state index is 13.2. The van der Waals surface area contributed by atoms with Crippen LogP contribution < -0.4 is 10.2 Å². The van der Waals surface area contributed by atoms with Gasteiger partial charge >= 0.3 is 0 Å². The topological polar surface area (TPSA) is 15.3 Å². The van der Waals surface area contributed by atoms with Crippen molar-refractivity contribution in [2.24, 2.45) is 0 Å². The van der Waals surface area contributed by atoms with Crippen LogP contribution in [0.5, 0.6) is 0 Å². The highest BCUT2D eigenvalue weighted by Crippen LogP contribution is 2.20. The Morgan fingerprint density at radius 2 is 1.76 bits per heavy atom. The van der Waals surface area contributed by atoms with E-state index in [-0.39, 0.29) is 17.7 Å². The Morgan fingerprint density at radius 1 is 1.05 bits per heavy atom. The highest BCUT2D eigenvalue weighted by atomic mass is 19.1. The summed E-state index contributed by atoms with van der Waals surface area (Å²) in [7, 11) is 3.82. The van der Waals surface area contributed by atoms with Crippen molar-refractivity contribution in [3.8, 4) is 0 Å². The van der Waals surface area contributed by atoms with E-state index in [2.05, 4.69) is 5.32 Å². The van der Waals surface area contributed by atoms with Crippen LogP contribution >= 0.6 is 0 Å². The first-order valence-electron chi connectivity index (χ1n) is 6.99. The standard InChI is InChI=1S/C17H20F2N2/c1-20-17(13-6-8-14(18)9-7-13)10-11-21(2)16-5-3-4-15(19)12-16/h3-9,12,17,20H,10-11H2,1-2H3. The van der Waals surface area contributed by atoms with Gasteiger partial charge < -0.3 is 10.2 Å². The minimum atomic E-state index is -0.233. The molecule has 0 aliphatic rings. The second-order valence-electron chi connectivity index (χ2n) is 5.08. The summed E-state index contributed by atoms with van der Waals surface area (Å²) in [6, 6.07) is 13.2. The molecular weight excluding hydrogens is 270 g/mol. The van der Waals surface area contributed by atoms with Crippen LogP contribution in [0.2, 0.25) is 0 Å². The predicted octanol–water partition coefficient (Wildman–Crippen LogP) is 3.75. The van der Waals surface area contributed by atoms with E-state index in [9.17, 15) is 8.78 Å². The molecule has 4 heteroatoms. The molecule has 21 heavy (non-hydrogen) atoms. The molecule has 1 atom stereocenters. The van der Waals surface area contributed by atoms with Crippen molar-refractivity contribution in [2.75, 3.05) is 25.5 Å². The van der Waals surface area contributed by atoms with E-state index in [1.165, 1.54) is 24.3 Å². The van der Waals surface area contributed by atoms with Crippen molar-refractivity contribution in [3.63, 3.8) is 0 Å². The molecule has 0 heterocycles. The SMILES string of the molecule is CNC(CCN(C)c1cccc(F)c1)c1ccc(F)cc1. The minimum absolute atomic E-state index is 0.140. The first-order valence-corrected chi connectivity index (χ1v) is 6.99. The van der Waals surface area contributed by atoms with Crippen molar-refractivity contribution in [2.45, 2.75) is 12.5 Å². The zero-order valence-corrected chi connectivity index (χ0v) is 12.3. The van der Waals surface area contributed by atoms with Gasteiger partial charge in [-0.05, 0) is 49.4 Å². The van der Waals surface area contributed by atoms with E-state index >= 15 is 0 Å². The van der Waals surface area contributed by atoms with Crippen molar-refractivity contribution in [1.29, 1.82) is 0 Å². The van der Waals surface area contributed by atoms with E-state index in [0.717, 1.165) is 24.2 Å². The highest BCUT2D eigenvalue weighted by Gasteiger charge is 2.11. The predicted molar refractivity (Wildman–Crippen MR) is 82.5 cm³/mol. The molecule has 0 fully saturated rings. The summed E-state index contributed by atoms with van der Waals surface area (Å²) in [6.07, 6.45) is 0.842. The van der Waals surface area contributed by atoms with Crippen LogP contribution in [0.15, 0.2) is 48.5 Å². The number of rotatable bonds is 6. The fourth-order valence-corrected chi connectivity index (χ4v) is 2.34. The Labute approximate surface area is 124 Å². The third kappa shape index (κ3) is 4.26. The average Bonchev–Trinajstić information content (AvgIpc) is 2.49. The molecular formula is C17H20F2N2. The minimum Gasteiger partial charge on any atom is -0.374 e. The Kier molecular flexibility index (Phi) is 5.28. The van der Waals surface area contributed by atoms with E-state index in [1.54, 1.807) is 18.2 Å². The summed E-state index contributed by atoms with van der Waals surface area (Å²) in [4.78, 5) is 2.01. The Hall–Kier alpha value is -1.94. The van der Waals surface area contributed by atoms with Gasteiger partial charge in [-0.15, -0.1) is 0 Å². The molecule has 0 saturated heterocycles. The second kappa shape index (κ2) is 7.18. The number of hydrogen-bond acceptors (Lipinski definition) is 2. The zero-order valence-electron chi connectivity index (χ0n) is 12.3. The van der Waals surface area contributed by atoms with E-state index < -0.39 is 0 Å². The largest absolute Gasteiger partial charge is 0.374 e. The zero-order chi connectivity index (χ0) is 15.2. The van der Waals surface area contributed by atoms with Crippen LogP contribution in [-0.2, 0) is 0 Å². The smallest absolute Gasteiger partial charge is 0.125 e. The van der Waals surface area contributed by atoms with Gasteiger partial charge in [-0.3, -0.25) is 0 Å². The van der Waals surface area contributed by atoms with Crippen LogP contribution in [0.4, 0.5) is 14.5 Å². The lowest BCUT2D eigenvalue weighted by atomic mass is 10.0. The molecule has 2 rings (SSSR count). The van der Waals surface area contributed by atoms with Crippen molar-refractivity contribution in [1.82, 2.24) is 5.32 Å². The summed E-state index contributed by atoms with van der Waals surface area (Å²) in [6.45, 7) is 0.770. The van der Waals surface area contributed by atoms with E-state index in [1.807, 2.05) is 25.1 Å². The van der Waals surface area contributed by atoms with Gasteiger partial charge in [0.1, 0.15) is 11.6 Å². The number of nitrogens with zero attached hydrogens (tertiary/aromatic N) is 1. The van der Waals surface area contributed by atoms with Gasteiger partial charge in [0.15, 0.2) is 0 Å². The second-order valence-corrected chi connectivity index (χ2v) is 5.08. The summed E-state index contributed by atoms with van der Waals surface area (Å²) in [5.41, 5.74) is 1.90. The Morgan fingerprint density at radius 3 is 2.38 bits per heavy atom. The van der Waals surface area contributed by atoms with Crippen LogP contribution in [0.1, 0.15) is 18.0 Å². The molecule has 1 unspecified atom stereocenters. The maximum Gasteiger partial charge on any atom is 0.125 e. The molecule has 0 amide bonds. The van der Waals surface area contributed by atoms with Crippen LogP contribution in [0, 0.1) is 11.6 Å². The summed E-state index contributed by atoms with van der Waals surface area (Å²) >= 11 is 0. The number of anilines is 1. The van der Waals surface area contributed by atoms with Gasteiger partial charge in [-0.25, -0.2) is 8.78 Å². The van der Waals surface area contributed by atoms with Crippen LogP contribution in [0.25, 0.3) is 0 Å². The monoisotopic (exact) mass is 290 g/mol. The first kappa shape index (κ1) is 15.4. The molecule has 0 radical (unpaired) electrons. The molecule has 2 aromatic carbocycles. The Balaban J connectivity index is 1.98. The molecule has 0 spiro atoms. The third-order valence-corrected chi connectivity index (χ3v) is 3.62. The maximum absolute atomic E-state index is 13.2. The normalized spacial score (nSPS) is 12.2. The molecule has 2 aromatic rings. The lowest BCUT2D eigenvalue weighted by Crippen LogP contribution is -2.25. The molecule has 112 valence electrons. The van der Waals surface area contributed by atoms with E-state index in [0.29, 0.717) is 0 Å². The Bertz CT molecular complexity index is 569. The van der Waals surface area contributed by atoms with Gasteiger partial charge in [-0.1, -0.05) is 18.2 Å². The van der Waals surface area contributed by atoms with Gasteiger partial charge in [0, 0.05) is 25.3 Å². The number of nitrogens with one attached hydrogen (secondary N) is 1. The van der Waals surface area contributed by atoms with Gasteiger partial charge in [0.05, 0.1) is 0 Å². The van der Waals surface area contributed by atoms with Crippen molar-refractivity contribution < 1.29 is 8.78 Å². The number of benzene rings is 2. The van der Waals surface area contributed by atoms with E-state index in [4.69, 9.17) is 0 Å². The number of halogens is 2. The molecule has 0 saturated carbocycles. The molecule has 0 bridgehead atoms. The van der Waals surface area contributed by atoms with Crippen LogP contribution in [0.3, 0.4) is 0 Å².